The number of carbonyl (C=O) groups is 3. The molecule has 2 saturated carbocycles. The number of nitrogens with zero attached hydrogens (tertiary/aromatic N) is 1. The first-order valence-corrected chi connectivity index (χ1v) is 20.0. The van der Waals surface area contributed by atoms with E-state index in [1.165, 1.54) is 18.2 Å². The molecule has 2 fully saturated rings. The number of aliphatic hydroxyl groups is 2. The molecule has 0 aliphatic heterocycles. The number of pyridine rings is 1. The van der Waals surface area contributed by atoms with Crippen molar-refractivity contribution < 1.29 is 29.7 Å². The Morgan fingerprint density at radius 1 is 0.741 bits per heavy atom. The maximum absolute atomic E-state index is 12.5. The first-order chi connectivity index (χ1) is 27.8. The van der Waals surface area contributed by atoms with Gasteiger partial charge in [0.15, 0.2) is 0 Å². The summed E-state index contributed by atoms with van der Waals surface area (Å²) in [5.74, 6) is 10.2. The van der Waals surface area contributed by atoms with Crippen LogP contribution in [0.4, 0.5) is 0 Å². The molecule has 2 aliphatic rings. The van der Waals surface area contributed by atoms with Crippen molar-refractivity contribution in [2.75, 3.05) is 0 Å². The minimum Gasteiger partial charge on any atom is -0.477 e. The van der Waals surface area contributed by atoms with E-state index in [1.54, 1.807) is 30.3 Å². The molecule has 2 aromatic heterocycles. The Bertz CT molecular complexity index is 2380. The summed E-state index contributed by atoms with van der Waals surface area (Å²) in [6.45, 7) is 0. The number of carbonyl (C=O) groups excluding carboxylic acids is 2. The number of nitrogens with one attached hydrogen (secondary N) is 3. The molecule has 12 heteroatoms. The number of H-pyrrole nitrogens is 1. The van der Waals surface area contributed by atoms with E-state index in [-0.39, 0.29) is 35.8 Å². The molecule has 298 valence electrons. The van der Waals surface area contributed by atoms with Gasteiger partial charge in [-0.1, -0.05) is 83.3 Å². The first kappa shape index (κ1) is 42.0. The molecule has 2 heterocycles. The minimum atomic E-state index is -1.21. The van der Waals surface area contributed by atoms with Crippen molar-refractivity contribution in [1.29, 1.82) is 0 Å². The van der Waals surface area contributed by atoms with Gasteiger partial charge in [0.1, 0.15) is 22.6 Å². The normalized spacial score (nSPS) is 21.2. The lowest BCUT2D eigenvalue weighted by Crippen LogP contribution is -2.45. The summed E-state index contributed by atoms with van der Waals surface area (Å²) in [6, 6.07) is 28.5. The molecule has 7 rings (SSSR count). The van der Waals surface area contributed by atoms with Crippen LogP contribution in [0.25, 0.3) is 10.9 Å². The van der Waals surface area contributed by atoms with Crippen LogP contribution in [-0.4, -0.2) is 66.4 Å². The largest absolute Gasteiger partial charge is 0.477 e. The van der Waals surface area contributed by atoms with E-state index in [1.807, 2.05) is 36.4 Å². The number of hydrogen-bond acceptors (Lipinski definition) is 6. The summed E-state index contributed by atoms with van der Waals surface area (Å²) < 4.78 is 0. The minimum absolute atomic E-state index is 0.00528. The van der Waals surface area contributed by atoms with E-state index in [4.69, 9.17) is 28.3 Å². The Kier molecular flexibility index (Phi) is 13.9. The molecule has 0 spiro atoms. The van der Waals surface area contributed by atoms with Crippen molar-refractivity contribution in [3.8, 4) is 23.7 Å². The lowest BCUT2D eigenvalue weighted by Gasteiger charge is -2.33. The third-order valence-corrected chi connectivity index (χ3v) is 10.6. The number of amides is 2. The zero-order valence-electron chi connectivity index (χ0n) is 31.7. The number of rotatable bonds is 7. The molecular weight excluding hydrogens is 775 g/mol. The summed E-state index contributed by atoms with van der Waals surface area (Å²) in [5.41, 5.74) is 1.16. The second-order valence-corrected chi connectivity index (χ2v) is 15.7. The standard InChI is InChI=1S/C25H25ClN2O2.C21H19ClN2O4/c26-20-7-3-5-18(15-20)12-14-25(30)13-4-8-22(17-25)28-24(29)11-10-21-16-19-6-1-2-9-23(19)27-21;22-15-5-1-4-14(12-15)9-11-21(28)10-3-6-16(13-21)23-19(25)17-7-2-8-18(24-17)20(26)27/h1-3,5-7,9,15-16,22,27,30H,4,8,10-11,13,17H2,(H,28,29);1-2,4-5,7-8,12,16,28H,3,6,10,13H2,(H,23,25)(H,26,27)/t22-,25+;16-,21+/m00/s1. The number of carboxylic acid groups (broad SMARTS) is 1. The first-order valence-electron chi connectivity index (χ1n) is 19.2. The number of carboxylic acids is 1. The molecule has 4 atom stereocenters. The van der Waals surface area contributed by atoms with Gasteiger partial charge < -0.3 is 30.9 Å². The van der Waals surface area contributed by atoms with Gasteiger partial charge in [-0.3, -0.25) is 9.59 Å². The highest BCUT2D eigenvalue weighted by molar-refractivity contribution is 6.31. The predicted octanol–water partition coefficient (Wildman–Crippen LogP) is 7.48. The van der Waals surface area contributed by atoms with Crippen LogP contribution in [0.1, 0.15) is 95.6 Å². The van der Waals surface area contributed by atoms with Gasteiger partial charge in [-0.25, -0.2) is 9.78 Å². The zero-order valence-corrected chi connectivity index (χ0v) is 33.2. The van der Waals surface area contributed by atoms with E-state index >= 15 is 0 Å². The number of aryl methyl sites for hydroxylation is 1. The Morgan fingerprint density at radius 2 is 1.31 bits per heavy atom. The molecule has 10 nitrogen and oxygen atoms in total. The summed E-state index contributed by atoms with van der Waals surface area (Å²) in [7, 11) is 0. The van der Waals surface area contributed by atoms with Crippen molar-refractivity contribution in [3.63, 3.8) is 0 Å². The SMILES string of the molecule is O=C(CCc1cc2ccccc2[nH]1)N[C@H]1CCC[C@@](O)(C#Cc2cccc(Cl)c2)C1.O=C(O)c1cccc(C(=O)N[C@H]2CCC[C@@](O)(C#Cc3cccc(Cl)c3)C2)n1. The van der Waals surface area contributed by atoms with Crippen molar-refractivity contribution >= 4 is 51.9 Å². The monoisotopic (exact) mass is 818 g/mol. The lowest BCUT2D eigenvalue weighted by molar-refractivity contribution is -0.122. The number of benzene rings is 3. The molecular formula is C46H44Cl2N4O6. The highest BCUT2D eigenvalue weighted by atomic mass is 35.5. The van der Waals surface area contributed by atoms with Crippen molar-refractivity contribution in [3.05, 3.63) is 135 Å². The Hall–Kier alpha value is -5.62. The quantitative estimate of drug-likeness (QED) is 0.0927. The maximum Gasteiger partial charge on any atom is 0.354 e. The highest BCUT2D eigenvalue weighted by Gasteiger charge is 2.35. The van der Waals surface area contributed by atoms with E-state index in [0.29, 0.717) is 60.6 Å². The Labute approximate surface area is 347 Å². The fraction of sp³-hybridized carbons (Fsp3) is 0.304. The van der Waals surface area contributed by atoms with Crippen LogP contribution in [0.15, 0.2) is 97.1 Å². The van der Waals surface area contributed by atoms with Crippen LogP contribution in [0.5, 0.6) is 0 Å². The van der Waals surface area contributed by atoms with E-state index in [9.17, 15) is 24.6 Å². The van der Waals surface area contributed by atoms with Crippen molar-refractivity contribution in [2.24, 2.45) is 0 Å². The molecule has 5 aromatic rings. The topological polar surface area (TPSA) is 165 Å². The average Bonchev–Trinajstić information content (AvgIpc) is 3.62. The predicted molar refractivity (Wildman–Crippen MR) is 224 cm³/mol. The van der Waals surface area contributed by atoms with Crippen molar-refractivity contribution in [2.45, 2.75) is 87.5 Å². The number of hydrogen-bond donors (Lipinski definition) is 6. The summed E-state index contributed by atoms with van der Waals surface area (Å²) in [6.07, 6.45) is 6.01. The van der Waals surface area contributed by atoms with Gasteiger partial charge in [0, 0.05) is 63.7 Å². The molecule has 2 amide bonds. The zero-order chi connectivity index (χ0) is 41.1. The summed E-state index contributed by atoms with van der Waals surface area (Å²) in [4.78, 5) is 43.1. The molecule has 2 aliphatic carbocycles. The molecule has 0 bridgehead atoms. The number of para-hydroxylation sites is 1. The number of aromatic nitrogens is 2. The highest BCUT2D eigenvalue weighted by Crippen LogP contribution is 2.30. The van der Waals surface area contributed by atoms with Gasteiger partial charge in [0.05, 0.1) is 0 Å². The second kappa shape index (κ2) is 19.2. The van der Waals surface area contributed by atoms with E-state index in [2.05, 4.69) is 56.4 Å². The molecule has 0 radical (unpaired) electrons. The molecule has 3 aromatic carbocycles. The third kappa shape index (κ3) is 12.2. The number of aromatic amines is 1. The summed E-state index contributed by atoms with van der Waals surface area (Å²) in [5, 5.41) is 39.0. The summed E-state index contributed by atoms with van der Waals surface area (Å²) >= 11 is 11.9. The van der Waals surface area contributed by atoms with Crippen LogP contribution in [0, 0.1) is 23.7 Å². The van der Waals surface area contributed by atoms with Gasteiger partial charge in [0.2, 0.25) is 5.91 Å². The Morgan fingerprint density at radius 3 is 1.90 bits per heavy atom. The van der Waals surface area contributed by atoms with Crippen LogP contribution in [0.3, 0.4) is 0 Å². The maximum atomic E-state index is 12.5. The smallest absolute Gasteiger partial charge is 0.354 e. The van der Waals surface area contributed by atoms with Gasteiger partial charge in [0.25, 0.3) is 5.91 Å². The fourth-order valence-corrected chi connectivity index (χ4v) is 7.62. The van der Waals surface area contributed by atoms with Gasteiger partial charge in [-0.15, -0.1) is 0 Å². The van der Waals surface area contributed by atoms with Gasteiger partial charge in [-0.05, 0) is 111 Å². The van der Waals surface area contributed by atoms with Crippen LogP contribution < -0.4 is 10.6 Å². The Balaban J connectivity index is 0.000000196. The van der Waals surface area contributed by atoms with Crippen molar-refractivity contribution in [1.82, 2.24) is 20.6 Å². The number of halogens is 2. The van der Waals surface area contributed by atoms with Crippen LogP contribution in [-0.2, 0) is 11.2 Å². The number of fused-ring (bicyclic) bond motifs is 1. The van der Waals surface area contributed by atoms with E-state index in [0.717, 1.165) is 35.0 Å². The van der Waals surface area contributed by atoms with Crippen LogP contribution in [0.2, 0.25) is 10.0 Å². The molecule has 0 saturated heterocycles. The second-order valence-electron chi connectivity index (χ2n) is 14.8. The fourth-order valence-electron chi connectivity index (χ4n) is 7.24. The van der Waals surface area contributed by atoms with Gasteiger partial charge >= 0.3 is 5.97 Å². The lowest BCUT2D eigenvalue weighted by atomic mass is 9.82. The third-order valence-electron chi connectivity index (χ3n) is 10.1. The molecule has 58 heavy (non-hydrogen) atoms. The molecule has 6 N–H and O–H groups in total. The molecule has 0 unspecified atom stereocenters. The van der Waals surface area contributed by atoms with E-state index < -0.39 is 23.1 Å². The van der Waals surface area contributed by atoms with Gasteiger partial charge in [-0.2, -0.15) is 0 Å². The van der Waals surface area contributed by atoms with Crippen LogP contribution >= 0.6 is 23.2 Å². The number of aromatic carboxylic acids is 1. The average molecular weight is 820 g/mol.